The summed E-state index contributed by atoms with van der Waals surface area (Å²) in [5, 5.41) is 2.79. The van der Waals surface area contributed by atoms with Crippen molar-refractivity contribution in [3.63, 3.8) is 0 Å². The Labute approximate surface area is 108 Å². The van der Waals surface area contributed by atoms with Crippen LogP contribution in [0.25, 0.3) is 0 Å². The average Bonchev–Trinajstić information content (AvgIpc) is 2.51. The number of amides is 2. The van der Waals surface area contributed by atoms with E-state index in [1.54, 1.807) is 4.90 Å². The maximum absolute atomic E-state index is 12.4. The van der Waals surface area contributed by atoms with Crippen LogP contribution in [-0.2, 0) is 9.59 Å². The van der Waals surface area contributed by atoms with Crippen molar-refractivity contribution in [2.45, 2.75) is 38.6 Å². The minimum atomic E-state index is -0.0472. The number of hydrogen-bond donors (Lipinski definition) is 2. The fourth-order valence-corrected chi connectivity index (χ4v) is 3.11. The van der Waals surface area contributed by atoms with Gasteiger partial charge >= 0.3 is 0 Å². The lowest BCUT2D eigenvalue weighted by Gasteiger charge is -2.33. The van der Waals surface area contributed by atoms with E-state index in [9.17, 15) is 9.59 Å². The second-order valence-corrected chi connectivity index (χ2v) is 5.73. The molecule has 1 saturated carbocycles. The molecule has 2 rings (SSSR count). The minimum absolute atomic E-state index is 0.00894. The van der Waals surface area contributed by atoms with Crippen LogP contribution in [0.15, 0.2) is 0 Å². The first kappa shape index (κ1) is 13.3. The van der Waals surface area contributed by atoms with Gasteiger partial charge in [0.1, 0.15) is 0 Å². The van der Waals surface area contributed by atoms with E-state index in [1.165, 1.54) is 0 Å². The molecule has 5 nitrogen and oxygen atoms in total. The third-order valence-electron chi connectivity index (χ3n) is 3.90. The maximum Gasteiger partial charge on any atom is 0.239 e. The number of carbonyl (C=O) groups is 2. The molecule has 1 aliphatic carbocycles. The van der Waals surface area contributed by atoms with Gasteiger partial charge in [0.15, 0.2) is 0 Å². The van der Waals surface area contributed by atoms with E-state index in [4.69, 9.17) is 5.73 Å². The van der Waals surface area contributed by atoms with Crippen LogP contribution in [0.4, 0.5) is 0 Å². The third kappa shape index (κ3) is 3.22. The monoisotopic (exact) mass is 253 g/mol. The molecule has 0 bridgehead atoms. The number of nitrogens with zero attached hydrogens (tertiary/aromatic N) is 1. The standard InChI is InChI=1S/C13H23N3O2/c1-9-5-10(7-11(14)6-9)13(18)16-4-2-3-15-12(17)8-16/h9-11H,2-8,14H2,1H3,(H,15,17). The van der Waals surface area contributed by atoms with E-state index >= 15 is 0 Å². The Bertz CT molecular complexity index is 322. The summed E-state index contributed by atoms with van der Waals surface area (Å²) in [6, 6.07) is 0.128. The second-order valence-electron chi connectivity index (χ2n) is 5.73. The van der Waals surface area contributed by atoms with Crippen LogP contribution in [0.3, 0.4) is 0 Å². The van der Waals surface area contributed by atoms with Crippen molar-refractivity contribution in [2.75, 3.05) is 19.6 Å². The Kier molecular flexibility index (Phi) is 4.22. The summed E-state index contributed by atoms with van der Waals surface area (Å²) in [7, 11) is 0. The van der Waals surface area contributed by atoms with Gasteiger partial charge in [0.25, 0.3) is 0 Å². The molecule has 1 saturated heterocycles. The lowest BCUT2D eigenvalue weighted by molar-refractivity contribution is -0.140. The Morgan fingerprint density at radius 3 is 2.89 bits per heavy atom. The molecule has 3 unspecified atom stereocenters. The van der Waals surface area contributed by atoms with E-state index in [1.807, 2.05) is 0 Å². The van der Waals surface area contributed by atoms with Crippen molar-refractivity contribution in [1.82, 2.24) is 10.2 Å². The molecule has 102 valence electrons. The van der Waals surface area contributed by atoms with E-state index in [0.29, 0.717) is 19.0 Å². The molecule has 5 heteroatoms. The summed E-state index contributed by atoms with van der Waals surface area (Å²) in [5.41, 5.74) is 5.99. The Morgan fingerprint density at radius 2 is 2.17 bits per heavy atom. The zero-order chi connectivity index (χ0) is 13.1. The zero-order valence-electron chi connectivity index (χ0n) is 11.0. The van der Waals surface area contributed by atoms with Crippen LogP contribution in [0, 0.1) is 11.8 Å². The van der Waals surface area contributed by atoms with E-state index in [0.717, 1.165) is 25.7 Å². The SMILES string of the molecule is CC1CC(N)CC(C(=O)N2CCCNC(=O)C2)C1. The summed E-state index contributed by atoms with van der Waals surface area (Å²) >= 11 is 0. The number of rotatable bonds is 1. The lowest BCUT2D eigenvalue weighted by Crippen LogP contribution is -2.44. The van der Waals surface area contributed by atoms with Crippen molar-refractivity contribution >= 4 is 11.8 Å². The van der Waals surface area contributed by atoms with Gasteiger partial charge in [-0.25, -0.2) is 0 Å². The summed E-state index contributed by atoms with van der Waals surface area (Å²) in [5.74, 6) is 0.584. The second kappa shape index (κ2) is 5.69. The van der Waals surface area contributed by atoms with Gasteiger partial charge in [-0.05, 0) is 31.6 Å². The van der Waals surface area contributed by atoms with E-state index in [-0.39, 0.29) is 30.3 Å². The van der Waals surface area contributed by atoms with Crippen molar-refractivity contribution in [3.05, 3.63) is 0 Å². The first-order valence-electron chi connectivity index (χ1n) is 6.87. The quantitative estimate of drug-likeness (QED) is 0.696. The van der Waals surface area contributed by atoms with Gasteiger partial charge in [-0.2, -0.15) is 0 Å². The highest BCUT2D eigenvalue weighted by atomic mass is 16.2. The molecular formula is C13H23N3O2. The van der Waals surface area contributed by atoms with Gasteiger partial charge in [-0.3, -0.25) is 9.59 Å². The molecule has 0 aromatic carbocycles. The molecular weight excluding hydrogens is 230 g/mol. The summed E-state index contributed by atoms with van der Waals surface area (Å²) in [4.78, 5) is 25.6. The van der Waals surface area contributed by atoms with Crippen LogP contribution in [-0.4, -0.2) is 42.4 Å². The molecule has 0 radical (unpaired) electrons. The van der Waals surface area contributed by atoms with Crippen molar-refractivity contribution < 1.29 is 9.59 Å². The molecule has 0 spiro atoms. The van der Waals surface area contributed by atoms with Crippen LogP contribution in [0.1, 0.15) is 32.6 Å². The fourth-order valence-electron chi connectivity index (χ4n) is 3.11. The van der Waals surface area contributed by atoms with Gasteiger partial charge in [0.2, 0.25) is 11.8 Å². The minimum Gasteiger partial charge on any atom is -0.354 e. The molecule has 2 aliphatic rings. The van der Waals surface area contributed by atoms with Crippen molar-refractivity contribution in [3.8, 4) is 0 Å². The largest absolute Gasteiger partial charge is 0.354 e. The van der Waals surface area contributed by atoms with Crippen molar-refractivity contribution in [2.24, 2.45) is 17.6 Å². The Balaban J connectivity index is 1.98. The number of nitrogens with one attached hydrogen (secondary N) is 1. The molecule has 2 amide bonds. The van der Waals surface area contributed by atoms with Gasteiger partial charge in [0, 0.05) is 25.0 Å². The number of carbonyl (C=O) groups excluding carboxylic acids is 2. The summed E-state index contributed by atoms with van der Waals surface area (Å²) in [6.45, 7) is 3.70. The predicted molar refractivity (Wildman–Crippen MR) is 68.7 cm³/mol. The highest BCUT2D eigenvalue weighted by Gasteiger charge is 2.32. The van der Waals surface area contributed by atoms with Gasteiger partial charge in [-0.1, -0.05) is 6.92 Å². The van der Waals surface area contributed by atoms with Gasteiger partial charge < -0.3 is 16.0 Å². The average molecular weight is 253 g/mol. The third-order valence-corrected chi connectivity index (χ3v) is 3.90. The smallest absolute Gasteiger partial charge is 0.239 e. The Hall–Kier alpha value is -1.10. The van der Waals surface area contributed by atoms with Crippen LogP contribution < -0.4 is 11.1 Å². The lowest BCUT2D eigenvalue weighted by atomic mass is 9.79. The van der Waals surface area contributed by atoms with Gasteiger partial charge in [-0.15, -0.1) is 0 Å². The highest BCUT2D eigenvalue weighted by Crippen LogP contribution is 2.29. The molecule has 18 heavy (non-hydrogen) atoms. The molecule has 0 aromatic rings. The summed E-state index contributed by atoms with van der Waals surface area (Å²) < 4.78 is 0. The molecule has 3 atom stereocenters. The van der Waals surface area contributed by atoms with E-state index < -0.39 is 0 Å². The summed E-state index contributed by atoms with van der Waals surface area (Å²) in [6.07, 6.45) is 3.52. The zero-order valence-corrected chi connectivity index (χ0v) is 11.0. The van der Waals surface area contributed by atoms with Crippen molar-refractivity contribution in [1.29, 1.82) is 0 Å². The Morgan fingerprint density at radius 1 is 1.39 bits per heavy atom. The topological polar surface area (TPSA) is 75.4 Å². The molecule has 0 aromatic heterocycles. The molecule has 2 fully saturated rings. The predicted octanol–water partition coefficient (Wildman–Crippen LogP) is 0.0984. The first-order chi connectivity index (χ1) is 8.56. The molecule has 1 aliphatic heterocycles. The number of hydrogen-bond acceptors (Lipinski definition) is 3. The highest BCUT2D eigenvalue weighted by molar-refractivity contribution is 5.86. The maximum atomic E-state index is 12.4. The van der Waals surface area contributed by atoms with E-state index in [2.05, 4.69) is 12.2 Å². The fraction of sp³-hybridized carbons (Fsp3) is 0.846. The molecule has 3 N–H and O–H groups in total. The van der Waals surface area contributed by atoms with Crippen LogP contribution >= 0.6 is 0 Å². The van der Waals surface area contributed by atoms with Crippen LogP contribution in [0.2, 0.25) is 0 Å². The molecule has 1 heterocycles. The normalized spacial score (nSPS) is 33.8. The van der Waals surface area contributed by atoms with Crippen LogP contribution in [0.5, 0.6) is 0 Å². The first-order valence-corrected chi connectivity index (χ1v) is 6.87. The number of nitrogens with two attached hydrogens (primary N) is 1. The van der Waals surface area contributed by atoms with Gasteiger partial charge in [0.05, 0.1) is 6.54 Å².